The van der Waals surface area contributed by atoms with Crippen molar-refractivity contribution in [3.05, 3.63) is 29.8 Å². The minimum atomic E-state index is -1.03. The van der Waals surface area contributed by atoms with E-state index in [1.807, 2.05) is 25.1 Å². The molecule has 1 unspecified atom stereocenters. The molecule has 0 radical (unpaired) electrons. The number of amides is 2. The van der Waals surface area contributed by atoms with Crippen LogP contribution in [0.15, 0.2) is 24.3 Å². The van der Waals surface area contributed by atoms with Crippen molar-refractivity contribution in [3.63, 3.8) is 0 Å². The number of carboxylic acid groups (broad SMARTS) is 1. The Morgan fingerprint density at radius 1 is 1.59 bits per heavy atom. The largest absolute Gasteiger partial charge is 0.497 e. The number of ether oxygens (including phenoxy) is 2. The number of morpholine rings is 1. The fourth-order valence-corrected chi connectivity index (χ4v) is 2.35. The lowest BCUT2D eigenvalue weighted by molar-refractivity contribution is -0.133. The van der Waals surface area contributed by atoms with E-state index in [1.165, 1.54) is 4.90 Å². The van der Waals surface area contributed by atoms with Crippen LogP contribution in [0.2, 0.25) is 0 Å². The summed E-state index contributed by atoms with van der Waals surface area (Å²) < 4.78 is 10.5. The molecule has 1 aromatic carbocycles. The molecule has 0 bridgehead atoms. The first-order valence-corrected chi connectivity index (χ1v) is 7.03. The lowest BCUT2D eigenvalue weighted by atomic mass is 10.1. The number of methoxy groups -OCH3 is 1. The number of rotatable bonds is 5. The van der Waals surface area contributed by atoms with Crippen LogP contribution in [-0.2, 0) is 9.53 Å². The third kappa shape index (κ3) is 3.88. The summed E-state index contributed by atoms with van der Waals surface area (Å²) in [5.41, 5.74) is 0.835. The van der Waals surface area contributed by atoms with Crippen molar-refractivity contribution >= 4 is 12.0 Å². The minimum Gasteiger partial charge on any atom is -0.497 e. The lowest BCUT2D eigenvalue weighted by Crippen LogP contribution is -2.49. The Hall–Kier alpha value is -2.28. The molecule has 1 aliphatic heterocycles. The van der Waals surface area contributed by atoms with Crippen LogP contribution in [0.1, 0.15) is 18.5 Å². The minimum absolute atomic E-state index is 0.0360. The Balaban J connectivity index is 2.09. The molecule has 2 N–H and O–H groups in total. The van der Waals surface area contributed by atoms with Crippen LogP contribution in [-0.4, -0.2) is 54.9 Å². The van der Waals surface area contributed by atoms with Gasteiger partial charge in [-0.15, -0.1) is 0 Å². The van der Waals surface area contributed by atoms with Gasteiger partial charge in [-0.3, -0.25) is 9.69 Å². The highest BCUT2D eigenvalue weighted by atomic mass is 16.5. The average Bonchev–Trinajstić information content (AvgIpc) is 2.53. The fourth-order valence-electron chi connectivity index (χ4n) is 2.35. The van der Waals surface area contributed by atoms with E-state index >= 15 is 0 Å². The first-order chi connectivity index (χ1) is 10.5. The summed E-state index contributed by atoms with van der Waals surface area (Å²) in [6.45, 7) is 2.28. The Kier molecular flexibility index (Phi) is 5.21. The predicted molar refractivity (Wildman–Crippen MR) is 78.9 cm³/mol. The Bertz CT molecular complexity index is 538. The highest BCUT2D eigenvalue weighted by Gasteiger charge is 2.27. The van der Waals surface area contributed by atoms with E-state index in [-0.39, 0.29) is 31.2 Å². The van der Waals surface area contributed by atoms with Crippen LogP contribution in [0.5, 0.6) is 5.75 Å². The zero-order valence-corrected chi connectivity index (χ0v) is 12.6. The fraction of sp³-hybridized carbons (Fsp3) is 0.467. The van der Waals surface area contributed by atoms with Gasteiger partial charge in [-0.05, 0) is 24.6 Å². The zero-order chi connectivity index (χ0) is 16.1. The van der Waals surface area contributed by atoms with Crippen molar-refractivity contribution in [2.75, 3.05) is 26.8 Å². The summed E-state index contributed by atoms with van der Waals surface area (Å²) in [4.78, 5) is 23.9. The van der Waals surface area contributed by atoms with E-state index in [4.69, 9.17) is 9.47 Å². The summed E-state index contributed by atoms with van der Waals surface area (Å²) in [7, 11) is 1.57. The maximum atomic E-state index is 11.6. The molecule has 2 rings (SSSR count). The van der Waals surface area contributed by atoms with E-state index in [0.29, 0.717) is 12.3 Å². The third-order valence-electron chi connectivity index (χ3n) is 3.67. The zero-order valence-electron chi connectivity index (χ0n) is 12.6. The Morgan fingerprint density at radius 2 is 2.36 bits per heavy atom. The molecule has 0 spiro atoms. The van der Waals surface area contributed by atoms with Crippen molar-refractivity contribution in [1.29, 1.82) is 0 Å². The van der Waals surface area contributed by atoms with Crippen LogP contribution in [0.25, 0.3) is 0 Å². The number of hydrogen-bond acceptors (Lipinski definition) is 4. The molecule has 1 saturated heterocycles. The second kappa shape index (κ2) is 7.13. The van der Waals surface area contributed by atoms with Gasteiger partial charge in [0.1, 0.15) is 12.4 Å². The quantitative estimate of drug-likeness (QED) is 0.855. The van der Waals surface area contributed by atoms with E-state index in [0.717, 1.165) is 5.56 Å². The highest BCUT2D eigenvalue weighted by Crippen LogP contribution is 2.24. The smallest absolute Gasteiger partial charge is 0.407 e. The van der Waals surface area contributed by atoms with Crippen molar-refractivity contribution in [1.82, 2.24) is 10.2 Å². The van der Waals surface area contributed by atoms with Gasteiger partial charge in [0.05, 0.1) is 25.8 Å². The van der Waals surface area contributed by atoms with Crippen LogP contribution in [0.4, 0.5) is 4.79 Å². The number of carbonyl (C=O) groups is 2. The molecule has 7 heteroatoms. The summed E-state index contributed by atoms with van der Waals surface area (Å²) in [5.74, 6) is 0.495. The summed E-state index contributed by atoms with van der Waals surface area (Å²) in [6.07, 6.45) is -1.38. The second-order valence-corrected chi connectivity index (χ2v) is 5.12. The first-order valence-electron chi connectivity index (χ1n) is 7.03. The third-order valence-corrected chi connectivity index (χ3v) is 3.67. The van der Waals surface area contributed by atoms with Gasteiger partial charge in [-0.2, -0.15) is 0 Å². The monoisotopic (exact) mass is 308 g/mol. The van der Waals surface area contributed by atoms with Gasteiger partial charge in [-0.1, -0.05) is 12.1 Å². The van der Waals surface area contributed by atoms with Crippen molar-refractivity contribution in [3.8, 4) is 5.75 Å². The van der Waals surface area contributed by atoms with Crippen molar-refractivity contribution < 1.29 is 24.2 Å². The number of carbonyl (C=O) groups excluding carboxylic acids is 1. The molecule has 120 valence electrons. The van der Waals surface area contributed by atoms with Gasteiger partial charge in [-0.25, -0.2) is 4.79 Å². The predicted octanol–water partition coefficient (Wildman–Crippen LogP) is 1.25. The van der Waals surface area contributed by atoms with Crippen molar-refractivity contribution in [2.24, 2.45) is 0 Å². The molecule has 2 atom stereocenters. The summed E-state index contributed by atoms with van der Waals surface area (Å²) >= 11 is 0. The summed E-state index contributed by atoms with van der Waals surface area (Å²) in [5, 5.41) is 12.1. The number of hydrogen-bond donors (Lipinski definition) is 2. The number of nitrogens with one attached hydrogen (secondary N) is 1. The van der Waals surface area contributed by atoms with Crippen LogP contribution >= 0.6 is 0 Å². The molecule has 1 fully saturated rings. The van der Waals surface area contributed by atoms with Gasteiger partial charge in [0.15, 0.2) is 0 Å². The molecule has 0 aromatic heterocycles. The maximum Gasteiger partial charge on any atom is 0.407 e. The van der Waals surface area contributed by atoms with E-state index in [9.17, 15) is 14.7 Å². The highest BCUT2D eigenvalue weighted by molar-refractivity contribution is 5.77. The molecule has 1 heterocycles. The SMILES string of the molecule is COc1cccc([C@@H](C)N(CC2CNC(=O)CO2)C(=O)O)c1. The standard InChI is InChI=1S/C15H20N2O5/c1-10(11-4-3-5-12(6-11)21-2)17(15(19)20)8-13-7-16-14(18)9-22-13/h3-6,10,13H,7-9H2,1-2H3,(H,16,18)(H,19,20)/t10-,13?/m1/s1. The molecule has 0 aliphatic carbocycles. The summed E-state index contributed by atoms with van der Waals surface area (Å²) in [6, 6.07) is 6.94. The van der Waals surface area contributed by atoms with Gasteiger partial charge >= 0.3 is 6.09 Å². The van der Waals surface area contributed by atoms with E-state index in [2.05, 4.69) is 5.32 Å². The maximum absolute atomic E-state index is 11.6. The van der Waals surface area contributed by atoms with Crippen molar-refractivity contribution in [2.45, 2.75) is 19.1 Å². The molecule has 2 amide bonds. The van der Waals surface area contributed by atoms with Gasteiger partial charge in [0.25, 0.3) is 0 Å². The number of nitrogens with zero attached hydrogens (tertiary/aromatic N) is 1. The first kappa shape index (κ1) is 16.1. The van der Waals surface area contributed by atoms with Crippen LogP contribution < -0.4 is 10.1 Å². The lowest BCUT2D eigenvalue weighted by Gasteiger charge is -2.32. The van der Waals surface area contributed by atoms with E-state index in [1.54, 1.807) is 13.2 Å². The molecular formula is C15H20N2O5. The van der Waals surface area contributed by atoms with Gasteiger partial charge in [0.2, 0.25) is 5.91 Å². The second-order valence-electron chi connectivity index (χ2n) is 5.12. The molecule has 7 nitrogen and oxygen atoms in total. The Morgan fingerprint density at radius 3 is 2.95 bits per heavy atom. The molecule has 1 aromatic rings. The molecule has 22 heavy (non-hydrogen) atoms. The van der Waals surface area contributed by atoms with Crippen LogP contribution in [0, 0.1) is 0 Å². The molecule has 0 saturated carbocycles. The molecular weight excluding hydrogens is 288 g/mol. The average molecular weight is 308 g/mol. The Labute approximate surface area is 128 Å². The van der Waals surface area contributed by atoms with E-state index < -0.39 is 6.09 Å². The molecule has 1 aliphatic rings. The normalized spacial score (nSPS) is 19.2. The van der Waals surface area contributed by atoms with Gasteiger partial charge in [0, 0.05) is 6.54 Å². The van der Waals surface area contributed by atoms with Gasteiger partial charge < -0.3 is 19.9 Å². The van der Waals surface area contributed by atoms with Crippen LogP contribution in [0.3, 0.4) is 0 Å². The topological polar surface area (TPSA) is 88.1 Å². The number of benzene rings is 1.